The van der Waals surface area contributed by atoms with E-state index in [1.54, 1.807) is 11.0 Å². The zero-order valence-corrected chi connectivity index (χ0v) is 25.9. The van der Waals surface area contributed by atoms with Crippen LogP contribution in [0.3, 0.4) is 0 Å². The van der Waals surface area contributed by atoms with Crippen LogP contribution in [0.25, 0.3) is 0 Å². The summed E-state index contributed by atoms with van der Waals surface area (Å²) in [5.74, 6) is -0.523. The predicted octanol–water partition coefficient (Wildman–Crippen LogP) is 5.19. The van der Waals surface area contributed by atoms with E-state index in [1.165, 1.54) is 4.90 Å². The second kappa shape index (κ2) is 12.5. The standard InChI is InChI=1S/C34H39FN4O6/c1-34(2,3)45-33(41)38-25-14-15-26(38)20-36(19-25)30-17-29-28(31(35)39(30)42)16-27(22-43-29)37(18-23-10-6-4-7-11-23)32(40)44-21-24-12-8-5-9-13-24/h4-13,17,25-27H,14-16,18-22H2,1-3H3/t25?,26?,27-/m1/s1. The van der Waals surface area contributed by atoms with Crippen molar-refractivity contribution in [2.24, 2.45) is 0 Å². The van der Waals surface area contributed by atoms with Gasteiger partial charge in [0.1, 0.15) is 37.7 Å². The lowest BCUT2D eigenvalue weighted by molar-refractivity contribution is -0.625. The molecule has 2 aromatic carbocycles. The summed E-state index contributed by atoms with van der Waals surface area (Å²) in [4.78, 5) is 31.4. The molecular formula is C34H39FN4O6. The minimum atomic E-state index is -0.952. The van der Waals surface area contributed by atoms with Crippen molar-refractivity contribution >= 4 is 18.0 Å². The van der Waals surface area contributed by atoms with Gasteiger partial charge in [-0.25, -0.2) is 14.3 Å². The summed E-state index contributed by atoms with van der Waals surface area (Å²) < 4.78 is 33.5. The first kappa shape index (κ1) is 30.5. The van der Waals surface area contributed by atoms with Crippen LogP contribution in [0, 0.1) is 11.2 Å². The van der Waals surface area contributed by atoms with Crippen molar-refractivity contribution < 1.29 is 32.9 Å². The average Bonchev–Trinajstić information content (AvgIpc) is 3.30. The van der Waals surface area contributed by atoms with Gasteiger partial charge in [-0.15, -0.1) is 0 Å². The van der Waals surface area contributed by atoms with Gasteiger partial charge in [0.25, 0.3) is 11.8 Å². The number of amides is 2. The Balaban J connectivity index is 1.20. The number of aromatic nitrogens is 1. The number of ether oxygens (including phenoxy) is 3. The maximum Gasteiger partial charge on any atom is 0.411 e. The molecule has 4 heterocycles. The molecule has 2 fully saturated rings. The van der Waals surface area contributed by atoms with E-state index in [4.69, 9.17) is 14.2 Å². The van der Waals surface area contributed by atoms with E-state index in [0.717, 1.165) is 24.0 Å². The Morgan fingerprint density at radius 3 is 2.27 bits per heavy atom. The van der Waals surface area contributed by atoms with Crippen LogP contribution in [-0.4, -0.2) is 65.4 Å². The topological polar surface area (TPSA) is 98.5 Å². The lowest BCUT2D eigenvalue weighted by atomic mass is 10.0. The molecule has 10 nitrogen and oxygen atoms in total. The van der Waals surface area contributed by atoms with E-state index in [-0.39, 0.29) is 61.5 Å². The highest BCUT2D eigenvalue weighted by atomic mass is 19.1. The number of fused-ring (bicyclic) bond motifs is 3. The highest BCUT2D eigenvalue weighted by Crippen LogP contribution is 2.36. The molecule has 0 radical (unpaired) electrons. The number of nitrogens with zero attached hydrogens (tertiary/aromatic N) is 4. The number of hydrogen-bond acceptors (Lipinski definition) is 7. The molecular weight excluding hydrogens is 579 g/mol. The number of benzene rings is 2. The van der Waals surface area contributed by atoms with Crippen molar-refractivity contribution in [2.75, 3.05) is 24.6 Å². The molecule has 2 bridgehead atoms. The van der Waals surface area contributed by atoms with E-state index in [1.807, 2.05) is 86.3 Å². The molecule has 0 saturated carbocycles. The van der Waals surface area contributed by atoms with Gasteiger partial charge in [0.05, 0.1) is 29.8 Å². The molecule has 2 amide bonds. The van der Waals surface area contributed by atoms with Crippen LogP contribution in [0.1, 0.15) is 50.3 Å². The van der Waals surface area contributed by atoms with Crippen molar-refractivity contribution in [3.63, 3.8) is 0 Å². The summed E-state index contributed by atoms with van der Waals surface area (Å²) in [5.41, 5.74) is 1.24. The monoisotopic (exact) mass is 618 g/mol. The quantitative estimate of drug-likeness (QED) is 0.213. The van der Waals surface area contributed by atoms with Crippen LogP contribution >= 0.6 is 0 Å². The molecule has 3 aliphatic heterocycles. The third kappa shape index (κ3) is 6.62. The van der Waals surface area contributed by atoms with Gasteiger partial charge in [0.15, 0.2) is 0 Å². The largest absolute Gasteiger partial charge is 0.709 e. The Kier molecular flexibility index (Phi) is 8.44. The maximum atomic E-state index is 15.9. The summed E-state index contributed by atoms with van der Waals surface area (Å²) in [6, 6.07) is 19.6. The smallest absolute Gasteiger partial charge is 0.411 e. The van der Waals surface area contributed by atoms with E-state index in [0.29, 0.717) is 17.8 Å². The zero-order valence-electron chi connectivity index (χ0n) is 25.9. The van der Waals surface area contributed by atoms with Crippen molar-refractivity contribution in [3.8, 4) is 5.75 Å². The van der Waals surface area contributed by atoms with Gasteiger partial charge in [-0.3, -0.25) is 14.7 Å². The fourth-order valence-electron chi connectivity index (χ4n) is 6.43. The number of carbonyl (C=O) groups excluding carboxylic acids is 2. The molecule has 1 aromatic heterocycles. The first-order valence-electron chi connectivity index (χ1n) is 15.4. The molecule has 45 heavy (non-hydrogen) atoms. The highest BCUT2D eigenvalue weighted by Gasteiger charge is 2.48. The number of carbonyl (C=O) groups is 2. The number of halogens is 1. The van der Waals surface area contributed by atoms with Crippen molar-refractivity contribution in [1.82, 2.24) is 9.80 Å². The Morgan fingerprint density at radius 1 is 1.02 bits per heavy atom. The molecule has 2 unspecified atom stereocenters. The summed E-state index contributed by atoms with van der Waals surface area (Å²) in [5, 5.41) is 13.4. The summed E-state index contributed by atoms with van der Waals surface area (Å²) in [7, 11) is 0. The van der Waals surface area contributed by atoms with Crippen LogP contribution in [0.4, 0.5) is 19.8 Å². The highest BCUT2D eigenvalue weighted by molar-refractivity contribution is 5.70. The van der Waals surface area contributed by atoms with Gasteiger partial charge in [-0.1, -0.05) is 60.7 Å². The Hall–Kier alpha value is -4.54. The van der Waals surface area contributed by atoms with Crippen molar-refractivity contribution in [1.29, 1.82) is 0 Å². The fraction of sp³-hybridized carbons (Fsp3) is 0.441. The lowest BCUT2D eigenvalue weighted by Crippen LogP contribution is -2.59. The van der Waals surface area contributed by atoms with E-state index >= 15 is 4.39 Å². The molecule has 2 saturated heterocycles. The van der Waals surface area contributed by atoms with Crippen LogP contribution in [0.2, 0.25) is 0 Å². The molecule has 238 valence electrons. The Morgan fingerprint density at radius 2 is 1.64 bits per heavy atom. The maximum absolute atomic E-state index is 15.9. The molecule has 0 N–H and O–H groups in total. The summed E-state index contributed by atoms with van der Waals surface area (Å²) >= 11 is 0. The number of hydrogen-bond donors (Lipinski definition) is 0. The minimum Gasteiger partial charge on any atom is -0.709 e. The number of anilines is 1. The van der Waals surface area contributed by atoms with E-state index in [2.05, 4.69) is 0 Å². The molecule has 6 rings (SSSR count). The van der Waals surface area contributed by atoms with Crippen LogP contribution in [0.15, 0.2) is 66.7 Å². The van der Waals surface area contributed by atoms with Crippen molar-refractivity contribution in [3.05, 3.63) is 94.6 Å². The molecule has 3 aliphatic rings. The van der Waals surface area contributed by atoms with Crippen LogP contribution in [0.5, 0.6) is 5.75 Å². The van der Waals surface area contributed by atoms with Crippen LogP contribution in [-0.2, 0) is 29.0 Å². The number of piperazine rings is 1. The second-order valence-corrected chi connectivity index (χ2v) is 12.9. The molecule has 0 spiro atoms. The minimum absolute atomic E-state index is 0.0919. The van der Waals surface area contributed by atoms with Gasteiger partial charge in [0.2, 0.25) is 0 Å². The third-order valence-electron chi connectivity index (χ3n) is 8.55. The second-order valence-electron chi connectivity index (χ2n) is 12.9. The molecule has 3 aromatic rings. The zero-order chi connectivity index (χ0) is 31.7. The number of pyridine rings is 1. The average molecular weight is 619 g/mol. The summed E-state index contributed by atoms with van der Waals surface area (Å²) in [6.45, 7) is 6.71. The Labute approximate surface area is 262 Å². The Bertz CT molecular complexity index is 1520. The molecule has 0 aliphatic carbocycles. The number of rotatable bonds is 6. The lowest BCUT2D eigenvalue weighted by Gasteiger charge is -2.39. The van der Waals surface area contributed by atoms with Gasteiger partial charge < -0.3 is 19.4 Å². The van der Waals surface area contributed by atoms with Crippen LogP contribution < -0.4 is 14.4 Å². The third-order valence-corrected chi connectivity index (χ3v) is 8.55. The normalized spacial score (nSPS) is 20.7. The van der Waals surface area contributed by atoms with Gasteiger partial charge in [-0.2, -0.15) is 4.39 Å². The molecule has 3 atom stereocenters. The summed E-state index contributed by atoms with van der Waals surface area (Å²) in [6.07, 6.45) is 0.739. The van der Waals surface area contributed by atoms with E-state index in [9.17, 15) is 14.8 Å². The first-order valence-corrected chi connectivity index (χ1v) is 15.4. The SMILES string of the molecule is CC(C)(C)OC(=O)N1C2CCC1CN(c1cc3c(c(F)[n+]1[O-])C[C@@H](N(Cc1ccccc1)C(=O)OCc1ccccc1)CO3)C2. The van der Waals surface area contributed by atoms with E-state index < -0.39 is 23.7 Å². The van der Waals surface area contributed by atoms with Gasteiger partial charge in [-0.05, 0) is 44.7 Å². The fourth-order valence-corrected chi connectivity index (χ4v) is 6.43. The predicted molar refractivity (Wildman–Crippen MR) is 164 cm³/mol. The van der Waals surface area contributed by atoms with Crippen molar-refractivity contribution in [2.45, 2.75) is 76.9 Å². The molecule has 11 heteroatoms. The van der Waals surface area contributed by atoms with Gasteiger partial charge in [0, 0.05) is 13.0 Å². The first-order chi connectivity index (χ1) is 21.6. The van der Waals surface area contributed by atoms with Gasteiger partial charge >= 0.3 is 12.2 Å².